The maximum atomic E-state index is 2.70. The summed E-state index contributed by atoms with van der Waals surface area (Å²) in [6, 6.07) is 0. The number of rotatable bonds is 14. The van der Waals surface area contributed by atoms with Gasteiger partial charge in [-0.1, -0.05) is 84.5 Å². The highest BCUT2D eigenvalue weighted by Gasteiger charge is 2.14. The smallest absolute Gasteiger partial charge is 0.00161 e. The van der Waals surface area contributed by atoms with Crippen molar-refractivity contribution in [2.75, 3.05) is 19.6 Å². The molecule has 1 rings (SSSR count). The molecule has 1 aliphatic heterocycles. The molecule has 1 heteroatoms. The highest BCUT2D eigenvalue weighted by molar-refractivity contribution is 4.69. The van der Waals surface area contributed by atoms with Crippen LogP contribution in [0, 0.1) is 5.92 Å². The predicted molar refractivity (Wildman–Crippen MR) is 95.9 cm³/mol. The second kappa shape index (κ2) is 13.6. The average molecular weight is 296 g/mol. The molecule has 1 heterocycles. The van der Waals surface area contributed by atoms with E-state index in [9.17, 15) is 0 Å². The number of unbranched alkanes of at least 4 members (excludes halogenated alkanes) is 7. The van der Waals surface area contributed by atoms with Gasteiger partial charge in [0.15, 0.2) is 0 Å². The Morgan fingerprint density at radius 1 is 0.667 bits per heavy atom. The largest absolute Gasteiger partial charge is 0.303 e. The molecule has 0 radical (unpaired) electrons. The quantitative estimate of drug-likeness (QED) is 0.334. The van der Waals surface area contributed by atoms with E-state index in [1.54, 1.807) is 0 Å². The Morgan fingerprint density at radius 3 is 1.76 bits per heavy atom. The van der Waals surface area contributed by atoms with Crippen LogP contribution in [0.25, 0.3) is 0 Å². The summed E-state index contributed by atoms with van der Waals surface area (Å²) in [7, 11) is 0. The van der Waals surface area contributed by atoms with E-state index >= 15 is 0 Å². The van der Waals surface area contributed by atoms with Crippen LogP contribution in [0.3, 0.4) is 0 Å². The van der Waals surface area contributed by atoms with Gasteiger partial charge >= 0.3 is 0 Å². The first-order valence-electron chi connectivity index (χ1n) is 10.1. The summed E-state index contributed by atoms with van der Waals surface area (Å²) < 4.78 is 0. The van der Waals surface area contributed by atoms with Crippen LogP contribution in [0.5, 0.6) is 0 Å². The SMILES string of the molecule is CCCCCCCC(CCCCCC)CCN1CCCC1. The minimum absolute atomic E-state index is 1.02. The Hall–Kier alpha value is -0.0400. The number of hydrogen-bond acceptors (Lipinski definition) is 1. The zero-order valence-electron chi connectivity index (χ0n) is 15.0. The minimum atomic E-state index is 1.02. The molecule has 1 unspecified atom stereocenters. The summed E-state index contributed by atoms with van der Waals surface area (Å²) in [6.07, 6.45) is 20.4. The monoisotopic (exact) mass is 295 g/mol. The normalized spacial score (nSPS) is 17.4. The van der Waals surface area contributed by atoms with Gasteiger partial charge in [0.05, 0.1) is 0 Å². The lowest BCUT2D eigenvalue weighted by Gasteiger charge is -2.21. The van der Waals surface area contributed by atoms with Crippen molar-refractivity contribution in [3.63, 3.8) is 0 Å². The van der Waals surface area contributed by atoms with E-state index in [1.807, 2.05) is 0 Å². The number of likely N-dealkylation sites (tertiary alicyclic amines) is 1. The molecule has 21 heavy (non-hydrogen) atoms. The first-order valence-corrected chi connectivity index (χ1v) is 10.1. The highest BCUT2D eigenvalue weighted by atomic mass is 15.1. The van der Waals surface area contributed by atoms with Crippen molar-refractivity contribution in [2.45, 2.75) is 104 Å². The lowest BCUT2D eigenvalue weighted by atomic mass is 9.91. The van der Waals surface area contributed by atoms with Crippen LogP contribution >= 0.6 is 0 Å². The molecule has 0 bridgehead atoms. The lowest BCUT2D eigenvalue weighted by Crippen LogP contribution is -2.22. The summed E-state index contributed by atoms with van der Waals surface area (Å²) in [5, 5.41) is 0. The van der Waals surface area contributed by atoms with Crippen molar-refractivity contribution in [2.24, 2.45) is 5.92 Å². The van der Waals surface area contributed by atoms with Gasteiger partial charge in [-0.2, -0.15) is 0 Å². The van der Waals surface area contributed by atoms with Crippen molar-refractivity contribution in [3.05, 3.63) is 0 Å². The fraction of sp³-hybridized carbons (Fsp3) is 1.00. The highest BCUT2D eigenvalue weighted by Crippen LogP contribution is 2.23. The van der Waals surface area contributed by atoms with Crippen molar-refractivity contribution in [3.8, 4) is 0 Å². The molecule has 1 aliphatic rings. The minimum Gasteiger partial charge on any atom is -0.303 e. The van der Waals surface area contributed by atoms with E-state index in [2.05, 4.69) is 18.7 Å². The van der Waals surface area contributed by atoms with Gasteiger partial charge in [-0.15, -0.1) is 0 Å². The maximum absolute atomic E-state index is 2.70. The summed E-state index contributed by atoms with van der Waals surface area (Å²) in [6.45, 7) is 8.76. The fourth-order valence-electron chi connectivity index (χ4n) is 3.70. The first-order chi connectivity index (χ1) is 10.4. The molecule has 0 amide bonds. The molecule has 0 N–H and O–H groups in total. The van der Waals surface area contributed by atoms with Crippen molar-refractivity contribution in [1.82, 2.24) is 4.90 Å². The van der Waals surface area contributed by atoms with E-state index in [0.29, 0.717) is 0 Å². The van der Waals surface area contributed by atoms with Crippen molar-refractivity contribution in [1.29, 1.82) is 0 Å². The molecule has 1 saturated heterocycles. The van der Waals surface area contributed by atoms with Gasteiger partial charge in [-0.3, -0.25) is 0 Å². The van der Waals surface area contributed by atoms with Gasteiger partial charge in [0, 0.05) is 0 Å². The molecule has 126 valence electrons. The van der Waals surface area contributed by atoms with Crippen LogP contribution in [-0.4, -0.2) is 24.5 Å². The van der Waals surface area contributed by atoms with Gasteiger partial charge in [0.2, 0.25) is 0 Å². The number of nitrogens with zero attached hydrogens (tertiary/aromatic N) is 1. The molecular formula is C20H41N. The standard InChI is InChI=1S/C20H41N/c1-3-5-7-9-11-15-20(14-10-8-6-4-2)16-19-21-17-12-13-18-21/h20H,3-19H2,1-2H3. The van der Waals surface area contributed by atoms with Crippen LogP contribution < -0.4 is 0 Å². The molecule has 1 fully saturated rings. The third-order valence-electron chi connectivity index (χ3n) is 5.23. The van der Waals surface area contributed by atoms with E-state index in [4.69, 9.17) is 0 Å². The van der Waals surface area contributed by atoms with Crippen molar-refractivity contribution < 1.29 is 0 Å². The van der Waals surface area contributed by atoms with Gasteiger partial charge in [0.25, 0.3) is 0 Å². The van der Waals surface area contributed by atoms with Crippen LogP contribution in [0.4, 0.5) is 0 Å². The van der Waals surface area contributed by atoms with Crippen LogP contribution in [0.2, 0.25) is 0 Å². The van der Waals surface area contributed by atoms with E-state index < -0.39 is 0 Å². The fourth-order valence-corrected chi connectivity index (χ4v) is 3.70. The number of hydrogen-bond donors (Lipinski definition) is 0. The third kappa shape index (κ3) is 10.3. The second-order valence-corrected chi connectivity index (χ2v) is 7.26. The van der Waals surface area contributed by atoms with E-state index in [0.717, 1.165) is 5.92 Å². The van der Waals surface area contributed by atoms with E-state index in [-0.39, 0.29) is 0 Å². The van der Waals surface area contributed by atoms with Crippen molar-refractivity contribution >= 4 is 0 Å². The molecule has 0 aliphatic carbocycles. The van der Waals surface area contributed by atoms with Gasteiger partial charge in [-0.25, -0.2) is 0 Å². The molecule has 0 aromatic heterocycles. The second-order valence-electron chi connectivity index (χ2n) is 7.26. The molecule has 1 nitrogen and oxygen atoms in total. The zero-order valence-corrected chi connectivity index (χ0v) is 15.0. The topological polar surface area (TPSA) is 3.24 Å². The zero-order chi connectivity index (χ0) is 15.2. The Morgan fingerprint density at radius 2 is 1.19 bits per heavy atom. The third-order valence-corrected chi connectivity index (χ3v) is 5.23. The predicted octanol–water partition coefficient (Wildman–Crippen LogP) is 6.42. The molecule has 0 aromatic rings. The van der Waals surface area contributed by atoms with Gasteiger partial charge < -0.3 is 4.90 Å². The lowest BCUT2D eigenvalue weighted by molar-refractivity contribution is 0.281. The average Bonchev–Trinajstić information content (AvgIpc) is 3.01. The maximum Gasteiger partial charge on any atom is -0.00161 e. The summed E-state index contributed by atoms with van der Waals surface area (Å²) in [5.41, 5.74) is 0. The molecule has 0 spiro atoms. The summed E-state index contributed by atoms with van der Waals surface area (Å²) in [5.74, 6) is 1.02. The van der Waals surface area contributed by atoms with Gasteiger partial charge in [0.1, 0.15) is 0 Å². The summed E-state index contributed by atoms with van der Waals surface area (Å²) >= 11 is 0. The Labute approximate surface area is 134 Å². The first kappa shape index (κ1) is 19.0. The molecular weight excluding hydrogens is 254 g/mol. The van der Waals surface area contributed by atoms with Crippen LogP contribution in [0.1, 0.15) is 104 Å². The molecule has 1 atom stereocenters. The van der Waals surface area contributed by atoms with Crippen LogP contribution in [0.15, 0.2) is 0 Å². The van der Waals surface area contributed by atoms with Crippen LogP contribution in [-0.2, 0) is 0 Å². The summed E-state index contributed by atoms with van der Waals surface area (Å²) in [4.78, 5) is 2.70. The van der Waals surface area contributed by atoms with E-state index in [1.165, 1.54) is 110 Å². The Balaban J connectivity index is 2.13. The Bertz CT molecular complexity index is 208. The van der Waals surface area contributed by atoms with Gasteiger partial charge in [-0.05, 0) is 44.8 Å². The Kier molecular flexibility index (Phi) is 12.3. The molecule has 0 aromatic carbocycles. The molecule has 0 saturated carbocycles.